The summed E-state index contributed by atoms with van der Waals surface area (Å²) in [5, 5.41) is 10.5. The highest BCUT2D eigenvalue weighted by Gasteiger charge is 2.36. The molecule has 0 unspecified atom stereocenters. The fourth-order valence-corrected chi connectivity index (χ4v) is 4.52. The van der Waals surface area contributed by atoms with E-state index in [1.54, 1.807) is 0 Å². The number of rotatable bonds is 3. The minimum atomic E-state index is -0.119. The normalized spacial score (nSPS) is 27.0. The molecule has 0 aromatic carbocycles. The van der Waals surface area contributed by atoms with E-state index in [9.17, 15) is 9.59 Å². The van der Waals surface area contributed by atoms with Crippen molar-refractivity contribution in [1.29, 1.82) is 0 Å². The number of nitrogens with zero attached hydrogens (tertiary/aromatic N) is 4. The summed E-state index contributed by atoms with van der Waals surface area (Å²) in [7, 11) is 0. The molecule has 1 aromatic heterocycles. The van der Waals surface area contributed by atoms with E-state index < -0.39 is 0 Å². The Hall–Kier alpha value is -2.00. The van der Waals surface area contributed by atoms with Gasteiger partial charge in [-0.05, 0) is 26.2 Å². The Morgan fingerprint density at radius 3 is 2.18 bits per heavy atom. The Morgan fingerprint density at radius 1 is 1.00 bits per heavy atom. The van der Waals surface area contributed by atoms with E-state index in [1.807, 2.05) is 16.7 Å². The minimum Gasteiger partial charge on any atom is -0.378 e. The van der Waals surface area contributed by atoms with Gasteiger partial charge in [0.25, 0.3) is 0 Å². The number of piperidine rings is 2. The summed E-state index contributed by atoms with van der Waals surface area (Å²) >= 11 is 0. The smallest absolute Gasteiger partial charge is 0.227 e. The third kappa shape index (κ3) is 4.20. The van der Waals surface area contributed by atoms with Gasteiger partial charge in [-0.3, -0.25) is 14.7 Å². The van der Waals surface area contributed by atoms with Crippen LogP contribution in [0.2, 0.25) is 0 Å². The Kier molecular flexibility index (Phi) is 5.91. The number of hydrogen-bond acceptors (Lipinski definition) is 6. The van der Waals surface area contributed by atoms with E-state index in [0.29, 0.717) is 51.7 Å². The molecule has 0 aliphatic carbocycles. The number of likely N-dealkylation sites (tertiary alicyclic amines) is 1. The first-order valence-corrected chi connectivity index (χ1v) is 10.4. The third-order valence-corrected chi connectivity index (χ3v) is 6.16. The summed E-state index contributed by atoms with van der Waals surface area (Å²) in [5.41, 5.74) is 0. The second-order valence-corrected chi connectivity index (χ2v) is 8.10. The average Bonchev–Trinajstić information content (AvgIpc) is 3.20. The number of H-pyrrole nitrogens is 1. The molecule has 2 atom stereocenters. The van der Waals surface area contributed by atoms with E-state index in [1.165, 1.54) is 0 Å². The van der Waals surface area contributed by atoms with Crippen LogP contribution in [0.25, 0.3) is 0 Å². The lowest BCUT2D eigenvalue weighted by molar-refractivity contribution is -0.143. The summed E-state index contributed by atoms with van der Waals surface area (Å²) in [4.78, 5) is 34.1. The number of carbonyl (C=O) groups is 2. The van der Waals surface area contributed by atoms with Gasteiger partial charge < -0.3 is 19.9 Å². The van der Waals surface area contributed by atoms with Crippen molar-refractivity contribution in [3.63, 3.8) is 0 Å². The van der Waals surface area contributed by atoms with Crippen LogP contribution in [0.3, 0.4) is 0 Å². The predicted octanol–water partition coefficient (Wildman–Crippen LogP) is -0.0964. The number of nitrogens with one attached hydrogen (secondary N) is 2. The van der Waals surface area contributed by atoms with Gasteiger partial charge in [0, 0.05) is 45.2 Å². The summed E-state index contributed by atoms with van der Waals surface area (Å²) in [6.45, 7) is 7.20. The van der Waals surface area contributed by atoms with E-state index >= 15 is 0 Å². The molecule has 3 saturated heterocycles. The first kappa shape index (κ1) is 19.3. The van der Waals surface area contributed by atoms with Gasteiger partial charge in [0.2, 0.25) is 11.8 Å². The van der Waals surface area contributed by atoms with Gasteiger partial charge in [0.15, 0.2) is 5.82 Å². The van der Waals surface area contributed by atoms with E-state index in [4.69, 9.17) is 4.74 Å². The zero-order valence-corrected chi connectivity index (χ0v) is 16.5. The Morgan fingerprint density at radius 2 is 1.61 bits per heavy atom. The summed E-state index contributed by atoms with van der Waals surface area (Å²) in [6.07, 6.45) is 2.42. The van der Waals surface area contributed by atoms with Crippen molar-refractivity contribution < 1.29 is 14.3 Å². The molecule has 3 aliphatic rings. The van der Waals surface area contributed by atoms with Crippen molar-refractivity contribution in [1.82, 2.24) is 30.3 Å². The maximum atomic E-state index is 13.0. The molecule has 0 radical (unpaired) electrons. The van der Waals surface area contributed by atoms with Crippen molar-refractivity contribution >= 4 is 11.8 Å². The Balaban J connectivity index is 1.30. The van der Waals surface area contributed by atoms with E-state index in [-0.39, 0.29) is 23.7 Å². The van der Waals surface area contributed by atoms with Gasteiger partial charge in [-0.15, -0.1) is 0 Å². The van der Waals surface area contributed by atoms with Gasteiger partial charge in [-0.2, -0.15) is 5.10 Å². The molecule has 1 aromatic rings. The lowest BCUT2D eigenvalue weighted by Gasteiger charge is -2.37. The molecule has 4 rings (SSSR count). The van der Waals surface area contributed by atoms with Gasteiger partial charge in [-0.1, -0.05) is 0 Å². The highest BCUT2D eigenvalue weighted by Crippen LogP contribution is 2.28. The molecule has 9 heteroatoms. The molecule has 4 heterocycles. The standard InChI is InChI=1S/C19H30N6O3/c1-13-21-17(23-22-13)14-2-4-24(5-3-14)18(26)15-10-16(12-20-11-15)19(27)25-6-8-28-9-7-25/h14-16,20H,2-12H2,1H3,(H,21,22,23)/t15-,16+/m1/s1. The molecule has 0 spiro atoms. The second kappa shape index (κ2) is 8.57. The van der Waals surface area contributed by atoms with Crippen molar-refractivity contribution in [2.45, 2.75) is 32.1 Å². The van der Waals surface area contributed by atoms with Crippen LogP contribution in [-0.2, 0) is 14.3 Å². The van der Waals surface area contributed by atoms with Gasteiger partial charge in [-0.25, -0.2) is 4.98 Å². The van der Waals surface area contributed by atoms with Crippen LogP contribution in [-0.4, -0.2) is 89.3 Å². The predicted molar refractivity (Wildman–Crippen MR) is 102 cm³/mol. The monoisotopic (exact) mass is 390 g/mol. The highest BCUT2D eigenvalue weighted by atomic mass is 16.5. The molecule has 3 fully saturated rings. The van der Waals surface area contributed by atoms with Crippen molar-refractivity contribution in [2.24, 2.45) is 11.8 Å². The molecular formula is C19H30N6O3. The molecule has 28 heavy (non-hydrogen) atoms. The zero-order chi connectivity index (χ0) is 19.5. The molecule has 2 amide bonds. The molecule has 9 nitrogen and oxygen atoms in total. The molecule has 154 valence electrons. The maximum Gasteiger partial charge on any atom is 0.227 e. The Labute approximate surface area is 165 Å². The average molecular weight is 390 g/mol. The summed E-state index contributed by atoms with van der Waals surface area (Å²) < 4.78 is 5.34. The molecule has 0 bridgehead atoms. The number of ether oxygens (including phenoxy) is 1. The van der Waals surface area contributed by atoms with Gasteiger partial charge >= 0.3 is 0 Å². The lowest BCUT2D eigenvalue weighted by atomic mass is 9.87. The first-order chi connectivity index (χ1) is 13.6. The number of aryl methyl sites for hydroxylation is 1. The second-order valence-electron chi connectivity index (χ2n) is 8.10. The van der Waals surface area contributed by atoms with Gasteiger partial charge in [0.05, 0.1) is 25.0 Å². The summed E-state index contributed by atoms with van der Waals surface area (Å²) in [6, 6.07) is 0. The van der Waals surface area contributed by atoms with Crippen molar-refractivity contribution in [3.8, 4) is 0 Å². The van der Waals surface area contributed by atoms with Crippen LogP contribution in [0.5, 0.6) is 0 Å². The zero-order valence-electron chi connectivity index (χ0n) is 16.5. The van der Waals surface area contributed by atoms with Crippen molar-refractivity contribution in [3.05, 3.63) is 11.6 Å². The molecule has 0 saturated carbocycles. The van der Waals surface area contributed by atoms with Crippen LogP contribution in [0.15, 0.2) is 0 Å². The van der Waals surface area contributed by atoms with Crippen LogP contribution >= 0.6 is 0 Å². The van der Waals surface area contributed by atoms with Crippen LogP contribution < -0.4 is 5.32 Å². The largest absolute Gasteiger partial charge is 0.378 e. The number of morpholine rings is 1. The van der Waals surface area contributed by atoms with Crippen LogP contribution in [0.1, 0.15) is 36.8 Å². The Bertz CT molecular complexity index is 694. The number of amides is 2. The van der Waals surface area contributed by atoms with Gasteiger partial charge in [0.1, 0.15) is 5.82 Å². The maximum absolute atomic E-state index is 13.0. The number of carbonyl (C=O) groups excluding carboxylic acids is 2. The fourth-order valence-electron chi connectivity index (χ4n) is 4.52. The van der Waals surface area contributed by atoms with E-state index in [0.717, 1.165) is 37.6 Å². The quantitative estimate of drug-likeness (QED) is 0.747. The topological polar surface area (TPSA) is 103 Å². The number of hydrogen-bond donors (Lipinski definition) is 2. The molecular weight excluding hydrogens is 360 g/mol. The molecule has 2 N–H and O–H groups in total. The fraction of sp³-hybridized carbons (Fsp3) is 0.789. The molecule has 3 aliphatic heterocycles. The highest BCUT2D eigenvalue weighted by molar-refractivity contribution is 5.83. The lowest BCUT2D eigenvalue weighted by Crippen LogP contribution is -2.52. The van der Waals surface area contributed by atoms with Crippen LogP contribution in [0, 0.1) is 18.8 Å². The van der Waals surface area contributed by atoms with E-state index in [2.05, 4.69) is 20.5 Å². The number of aromatic nitrogens is 3. The minimum absolute atomic E-state index is 0.116. The van der Waals surface area contributed by atoms with Crippen molar-refractivity contribution in [2.75, 3.05) is 52.5 Å². The first-order valence-electron chi connectivity index (χ1n) is 10.4. The SMILES string of the molecule is Cc1nc(C2CCN(C(=O)[C@H]3CNC[C@@H](C(=O)N4CCOCC4)C3)CC2)n[nH]1. The third-order valence-electron chi connectivity index (χ3n) is 6.16. The summed E-state index contributed by atoms with van der Waals surface area (Å²) in [5.74, 6) is 2.11. The number of aromatic amines is 1. The van der Waals surface area contributed by atoms with Crippen LogP contribution in [0.4, 0.5) is 0 Å².